The number of methoxy groups -OCH3 is 2. The molecule has 0 bridgehead atoms. The van der Waals surface area contributed by atoms with Gasteiger partial charge in [0.15, 0.2) is 0 Å². The van der Waals surface area contributed by atoms with Crippen molar-refractivity contribution in [1.29, 1.82) is 0 Å². The molecule has 3 nitrogen and oxygen atoms in total. The number of rotatable bonds is 7. The predicted molar refractivity (Wildman–Crippen MR) is 65.8 cm³/mol. The fraction of sp³-hybridized carbons (Fsp3) is 0.538. The largest absolute Gasteiger partial charge is 0.382 e. The molecule has 0 saturated heterocycles. The zero-order valence-electron chi connectivity index (χ0n) is 10.3. The number of hydrogen-bond donors (Lipinski definition) is 1. The predicted octanol–water partition coefficient (Wildman–Crippen LogP) is 1.65. The van der Waals surface area contributed by atoms with Gasteiger partial charge in [0, 0.05) is 26.7 Å². The maximum absolute atomic E-state index is 5.49. The highest BCUT2D eigenvalue weighted by Crippen LogP contribution is 2.21. The minimum absolute atomic E-state index is 0.0832. The van der Waals surface area contributed by atoms with Gasteiger partial charge < -0.3 is 14.8 Å². The summed E-state index contributed by atoms with van der Waals surface area (Å²) < 4.78 is 10.7. The SMILES string of the molecule is CNCC(c1ccccc1)C(COC)OC. The number of benzene rings is 1. The Morgan fingerprint density at radius 2 is 1.88 bits per heavy atom. The van der Waals surface area contributed by atoms with E-state index < -0.39 is 0 Å². The first-order chi connectivity index (χ1) is 7.83. The monoisotopic (exact) mass is 223 g/mol. The van der Waals surface area contributed by atoms with E-state index in [0.29, 0.717) is 12.5 Å². The molecule has 0 aliphatic rings. The molecule has 3 heteroatoms. The molecule has 0 amide bonds. The van der Waals surface area contributed by atoms with E-state index in [9.17, 15) is 0 Å². The molecule has 1 aromatic carbocycles. The van der Waals surface area contributed by atoms with Gasteiger partial charge in [0.25, 0.3) is 0 Å². The van der Waals surface area contributed by atoms with Crippen molar-refractivity contribution in [3.63, 3.8) is 0 Å². The van der Waals surface area contributed by atoms with Gasteiger partial charge in [-0.05, 0) is 12.6 Å². The summed E-state index contributed by atoms with van der Waals surface area (Å²) >= 11 is 0. The Hall–Kier alpha value is -0.900. The Morgan fingerprint density at radius 1 is 1.19 bits per heavy atom. The number of nitrogens with one attached hydrogen (secondary N) is 1. The summed E-state index contributed by atoms with van der Waals surface area (Å²) in [6, 6.07) is 10.4. The molecule has 2 atom stereocenters. The van der Waals surface area contributed by atoms with Crippen molar-refractivity contribution < 1.29 is 9.47 Å². The Bertz CT molecular complexity index is 277. The van der Waals surface area contributed by atoms with Crippen LogP contribution in [0.15, 0.2) is 30.3 Å². The summed E-state index contributed by atoms with van der Waals surface area (Å²) in [4.78, 5) is 0. The standard InChI is InChI=1S/C13H21NO2/c1-14-9-12(13(16-3)10-15-2)11-7-5-4-6-8-11/h4-8,12-14H,9-10H2,1-3H3. The first-order valence-electron chi connectivity index (χ1n) is 5.54. The number of likely N-dealkylation sites (N-methyl/N-ethyl adjacent to an activating group) is 1. The van der Waals surface area contributed by atoms with Crippen LogP contribution >= 0.6 is 0 Å². The molecular formula is C13H21NO2. The zero-order chi connectivity index (χ0) is 11.8. The van der Waals surface area contributed by atoms with E-state index in [4.69, 9.17) is 9.47 Å². The summed E-state index contributed by atoms with van der Waals surface area (Å²) in [5, 5.41) is 3.20. The lowest BCUT2D eigenvalue weighted by Crippen LogP contribution is -2.32. The van der Waals surface area contributed by atoms with Crippen LogP contribution in [-0.2, 0) is 9.47 Å². The quantitative estimate of drug-likeness (QED) is 0.762. The van der Waals surface area contributed by atoms with Crippen LogP contribution in [0.4, 0.5) is 0 Å². The van der Waals surface area contributed by atoms with E-state index in [0.717, 1.165) is 6.54 Å². The Labute approximate surface area is 97.8 Å². The van der Waals surface area contributed by atoms with Crippen LogP contribution in [0.2, 0.25) is 0 Å². The molecule has 0 aromatic heterocycles. The Balaban J connectivity index is 2.80. The van der Waals surface area contributed by atoms with Gasteiger partial charge in [-0.15, -0.1) is 0 Å². The number of ether oxygens (including phenoxy) is 2. The average molecular weight is 223 g/mol. The molecule has 0 radical (unpaired) electrons. The van der Waals surface area contributed by atoms with Gasteiger partial charge in [-0.25, -0.2) is 0 Å². The topological polar surface area (TPSA) is 30.5 Å². The van der Waals surface area contributed by atoms with Crippen molar-refractivity contribution in [3.8, 4) is 0 Å². The van der Waals surface area contributed by atoms with Gasteiger partial charge in [0.1, 0.15) is 0 Å². The highest BCUT2D eigenvalue weighted by molar-refractivity contribution is 5.21. The molecule has 0 aliphatic heterocycles. The van der Waals surface area contributed by atoms with E-state index in [2.05, 4.69) is 29.6 Å². The average Bonchev–Trinajstić information content (AvgIpc) is 2.35. The van der Waals surface area contributed by atoms with E-state index in [1.54, 1.807) is 14.2 Å². The lowest BCUT2D eigenvalue weighted by molar-refractivity contribution is 0.0118. The van der Waals surface area contributed by atoms with Gasteiger partial charge >= 0.3 is 0 Å². The van der Waals surface area contributed by atoms with Gasteiger partial charge in [-0.2, -0.15) is 0 Å². The first-order valence-corrected chi connectivity index (χ1v) is 5.54. The van der Waals surface area contributed by atoms with E-state index in [1.165, 1.54) is 5.56 Å². The molecule has 0 fully saturated rings. The molecule has 0 aliphatic carbocycles. The van der Waals surface area contributed by atoms with Gasteiger partial charge in [-0.1, -0.05) is 30.3 Å². The highest BCUT2D eigenvalue weighted by Gasteiger charge is 2.22. The van der Waals surface area contributed by atoms with Crippen molar-refractivity contribution in [1.82, 2.24) is 5.32 Å². The van der Waals surface area contributed by atoms with Crippen LogP contribution in [-0.4, -0.2) is 40.5 Å². The highest BCUT2D eigenvalue weighted by atomic mass is 16.5. The van der Waals surface area contributed by atoms with Crippen LogP contribution in [0, 0.1) is 0 Å². The molecule has 90 valence electrons. The molecule has 2 unspecified atom stereocenters. The third-order valence-corrected chi connectivity index (χ3v) is 2.73. The summed E-state index contributed by atoms with van der Waals surface area (Å²) in [6.07, 6.45) is 0.0832. The maximum Gasteiger partial charge on any atom is 0.0885 e. The lowest BCUT2D eigenvalue weighted by Gasteiger charge is -2.25. The van der Waals surface area contributed by atoms with Gasteiger partial charge in [0.05, 0.1) is 12.7 Å². The van der Waals surface area contributed by atoms with Gasteiger partial charge in [0.2, 0.25) is 0 Å². The smallest absolute Gasteiger partial charge is 0.0885 e. The normalized spacial score (nSPS) is 14.7. The van der Waals surface area contributed by atoms with Gasteiger partial charge in [-0.3, -0.25) is 0 Å². The third kappa shape index (κ3) is 3.59. The van der Waals surface area contributed by atoms with Crippen LogP contribution < -0.4 is 5.32 Å². The summed E-state index contributed by atoms with van der Waals surface area (Å²) in [7, 11) is 5.39. The van der Waals surface area contributed by atoms with Crippen LogP contribution in [0.25, 0.3) is 0 Å². The van der Waals surface area contributed by atoms with Crippen molar-refractivity contribution in [2.75, 3.05) is 34.4 Å². The van der Waals surface area contributed by atoms with Crippen molar-refractivity contribution in [3.05, 3.63) is 35.9 Å². The molecule has 1 N–H and O–H groups in total. The fourth-order valence-electron chi connectivity index (χ4n) is 1.90. The lowest BCUT2D eigenvalue weighted by atomic mass is 9.93. The summed E-state index contributed by atoms with van der Waals surface area (Å²) in [5.41, 5.74) is 1.28. The van der Waals surface area contributed by atoms with Crippen LogP contribution in [0.5, 0.6) is 0 Å². The third-order valence-electron chi connectivity index (χ3n) is 2.73. The van der Waals surface area contributed by atoms with E-state index >= 15 is 0 Å². The van der Waals surface area contributed by atoms with E-state index in [-0.39, 0.29) is 6.10 Å². The molecule has 0 spiro atoms. The van der Waals surface area contributed by atoms with Crippen LogP contribution in [0.3, 0.4) is 0 Å². The van der Waals surface area contributed by atoms with Crippen molar-refractivity contribution in [2.45, 2.75) is 12.0 Å². The van der Waals surface area contributed by atoms with Crippen LogP contribution in [0.1, 0.15) is 11.5 Å². The van der Waals surface area contributed by atoms with Crippen molar-refractivity contribution >= 4 is 0 Å². The first kappa shape index (κ1) is 13.2. The second kappa shape index (κ2) is 7.39. The van der Waals surface area contributed by atoms with Crippen molar-refractivity contribution in [2.24, 2.45) is 0 Å². The molecule has 1 aromatic rings. The minimum Gasteiger partial charge on any atom is -0.382 e. The zero-order valence-corrected chi connectivity index (χ0v) is 10.3. The minimum atomic E-state index is 0.0832. The molecule has 0 heterocycles. The molecule has 16 heavy (non-hydrogen) atoms. The molecule has 0 saturated carbocycles. The second-order valence-electron chi connectivity index (χ2n) is 3.80. The fourth-order valence-corrected chi connectivity index (χ4v) is 1.90. The molecule has 1 rings (SSSR count). The number of hydrogen-bond acceptors (Lipinski definition) is 3. The summed E-state index contributed by atoms with van der Waals surface area (Å²) in [5.74, 6) is 0.316. The summed E-state index contributed by atoms with van der Waals surface area (Å²) in [6.45, 7) is 1.49. The Kier molecular flexibility index (Phi) is 6.08. The molecular weight excluding hydrogens is 202 g/mol. The van der Waals surface area contributed by atoms with E-state index in [1.807, 2.05) is 13.1 Å². The maximum atomic E-state index is 5.49. The second-order valence-corrected chi connectivity index (χ2v) is 3.80. The Morgan fingerprint density at radius 3 is 2.38 bits per heavy atom.